The zero-order chi connectivity index (χ0) is 13.2. The number of pyridine rings is 1. The van der Waals surface area contributed by atoms with E-state index in [4.69, 9.17) is 9.84 Å². The minimum Gasteiger partial charge on any atom is -0.394 e. The molecule has 0 saturated carbocycles. The minimum absolute atomic E-state index is 0.00564. The number of hydrogen-bond donors (Lipinski definition) is 2. The molecule has 0 bridgehead atoms. The average molecular weight is 260 g/mol. The SMILES string of the molecule is O=c1[nH]c(N2CCOC(CO)C2)cc2ccccc12. The van der Waals surface area contributed by atoms with Crippen molar-refractivity contribution in [3.8, 4) is 0 Å². The minimum atomic E-state index is -0.191. The molecule has 2 N–H and O–H groups in total. The summed E-state index contributed by atoms with van der Waals surface area (Å²) in [7, 11) is 0. The molecule has 100 valence electrons. The molecule has 2 aromatic rings. The van der Waals surface area contributed by atoms with E-state index in [9.17, 15) is 4.79 Å². The number of benzene rings is 1. The normalized spacial score (nSPS) is 19.8. The highest BCUT2D eigenvalue weighted by Gasteiger charge is 2.20. The fourth-order valence-electron chi connectivity index (χ4n) is 2.42. The molecule has 3 rings (SSSR count). The Labute approximate surface area is 110 Å². The Bertz CT molecular complexity index is 638. The lowest BCUT2D eigenvalue weighted by Crippen LogP contribution is -2.44. The van der Waals surface area contributed by atoms with E-state index in [1.807, 2.05) is 35.2 Å². The molecule has 1 atom stereocenters. The van der Waals surface area contributed by atoms with Crippen molar-refractivity contribution >= 4 is 16.6 Å². The molecular formula is C14H16N2O3. The van der Waals surface area contributed by atoms with Gasteiger partial charge in [0, 0.05) is 18.5 Å². The summed E-state index contributed by atoms with van der Waals surface area (Å²) in [5.41, 5.74) is -0.0832. The Hall–Kier alpha value is -1.85. The number of nitrogens with zero attached hydrogens (tertiary/aromatic N) is 1. The van der Waals surface area contributed by atoms with Gasteiger partial charge in [-0.05, 0) is 17.5 Å². The standard InChI is InChI=1S/C14H16N2O3/c17-9-11-8-16(5-6-19-11)13-7-10-3-1-2-4-12(10)14(18)15-13/h1-4,7,11,17H,5-6,8-9H2,(H,15,18). The molecule has 1 saturated heterocycles. The van der Waals surface area contributed by atoms with Crippen LogP contribution in [0.2, 0.25) is 0 Å². The van der Waals surface area contributed by atoms with Crippen LogP contribution in [0.15, 0.2) is 35.1 Å². The van der Waals surface area contributed by atoms with Crippen molar-refractivity contribution < 1.29 is 9.84 Å². The molecule has 1 aliphatic rings. The van der Waals surface area contributed by atoms with E-state index in [1.54, 1.807) is 0 Å². The zero-order valence-corrected chi connectivity index (χ0v) is 10.5. The van der Waals surface area contributed by atoms with Crippen LogP contribution < -0.4 is 10.5 Å². The first-order chi connectivity index (χ1) is 9.28. The van der Waals surface area contributed by atoms with Gasteiger partial charge in [0.1, 0.15) is 5.82 Å². The second-order valence-corrected chi connectivity index (χ2v) is 4.69. The van der Waals surface area contributed by atoms with Gasteiger partial charge < -0.3 is 19.7 Å². The predicted molar refractivity (Wildman–Crippen MR) is 73.6 cm³/mol. The second kappa shape index (κ2) is 5.03. The van der Waals surface area contributed by atoms with E-state index in [0.717, 1.165) is 11.2 Å². The molecule has 0 spiro atoms. The molecule has 1 unspecified atom stereocenters. The van der Waals surface area contributed by atoms with E-state index in [0.29, 0.717) is 25.1 Å². The number of H-pyrrole nitrogens is 1. The molecule has 1 fully saturated rings. The number of nitrogens with one attached hydrogen (secondary N) is 1. The molecular weight excluding hydrogens is 244 g/mol. The van der Waals surface area contributed by atoms with Crippen LogP contribution in [-0.4, -0.2) is 42.5 Å². The summed E-state index contributed by atoms with van der Waals surface area (Å²) in [6, 6.07) is 9.48. The largest absolute Gasteiger partial charge is 0.394 e. The lowest BCUT2D eigenvalue weighted by molar-refractivity contribution is 0.00336. The highest BCUT2D eigenvalue weighted by Crippen LogP contribution is 2.18. The number of aliphatic hydroxyl groups excluding tert-OH is 1. The van der Waals surface area contributed by atoms with Gasteiger partial charge in [0.25, 0.3) is 5.56 Å². The van der Waals surface area contributed by atoms with Gasteiger partial charge in [0.2, 0.25) is 0 Å². The number of aromatic nitrogens is 1. The van der Waals surface area contributed by atoms with Gasteiger partial charge in [0.05, 0.1) is 19.3 Å². The highest BCUT2D eigenvalue weighted by molar-refractivity contribution is 5.83. The van der Waals surface area contributed by atoms with Gasteiger partial charge in [-0.1, -0.05) is 18.2 Å². The van der Waals surface area contributed by atoms with Crippen molar-refractivity contribution in [3.05, 3.63) is 40.7 Å². The second-order valence-electron chi connectivity index (χ2n) is 4.69. The van der Waals surface area contributed by atoms with Crippen LogP contribution in [0.5, 0.6) is 0 Å². The molecule has 1 aromatic carbocycles. The molecule has 0 aliphatic carbocycles. The van der Waals surface area contributed by atoms with Crippen LogP contribution in [0.1, 0.15) is 0 Å². The lowest BCUT2D eigenvalue weighted by Gasteiger charge is -2.33. The van der Waals surface area contributed by atoms with Crippen molar-refractivity contribution in [2.24, 2.45) is 0 Å². The number of rotatable bonds is 2. The fraction of sp³-hybridized carbons (Fsp3) is 0.357. The Kier molecular flexibility index (Phi) is 3.23. The van der Waals surface area contributed by atoms with Crippen molar-refractivity contribution in [3.63, 3.8) is 0 Å². The third-order valence-corrected chi connectivity index (χ3v) is 3.42. The predicted octanol–water partition coefficient (Wildman–Crippen LogP) is 0.726. The van der Waals surface area contributed by atoms with Crippen molar-refractivity contribution in [2.45, 2.75) is 6.10 Å². The molecule has 0 amide bonds. The number of anilines is 1. The van der Waals surface area contributed by atoms with E-state index in [2.05, 4.69) is 4.98 Å². The van der Waals surface area contributed by atoms with E-state index in [1.165, 1.54) is 0 Å². The van der Waals surface area contributed by atoms with Crippen LogP contribution in [-0.2, 0) is 4.74 Å². The first-order valence-corrected chi connectivity index (χ1v) is 6.37. The molecule has 5 heteroatoms. The number of aromatic amines is 1. The number of ether oxygens (including phenoxy) is 1. The fourth-order valence-corrected chi connectivity index (χ4v) is 2.42. The number of morpholine rings is 1. The summed E-state index contributed by atoms with van der Waals surface area (Å²) in [4.78, 5) is 17.0. The van der Waals surface area contributed by atoms with Crippen LogP contribution in [0, 0.1) is 0 Å². The monoisotopic (exact) mass is 260 g/mol. The zero-order valence-electron chi connectivity index (χ0n) is 10.5. The van der Waals surface area contributed by atoms with Gasteiger partial charge in [-0.25, -0.2) is 0 Å². The summed E-state index contributed by atoms with van der Waals surface area (Å²) in [6.45, 7) is 1.85. The van der Waals surface area contributed by atoms with E-state index in [-0.39, 0.29) is 18.3 Å². The molecule has 19 heavy (non-hydrogen) atoms. The van der Waals surface area contributed by atoms with Gasteiger partial charge in [0.15, 0.2) is 0 Å². The molecule has 0 radical (unpaired) electrons. The van der Waals surface area contributed by atoms with Crippen molar-refractivity contribution in [1.82, 2.24) is 4.98 Å². The number of aliphatic hydroxyl groups is 1. The number of fused-ring (bicyclic) bond motifs is 1. The summed E-state index contributed by atoms with van der Waals surface area (Å²) in [5.74, 6) is 0.783. The first-order valence-electron chi connectivity index (χ1n) is 6.37. The number of hydrogen-bond acceptors (Lipinski definition) is 4. The summed E-state index contributed by atoms with van der Waals surface area (Å²) >= 11 is 0. The third kappa shape index (κ3) is 2.34. The van der Waals surface area contributed by atoms with Gasteiger partial charge in [-0.3, -0.25) is 4.79 Å². The first kappa shape index (κ1) is 12.2. The van der Waals surface area contributed by atoms with Gasteiger partial charge >= 0.3 is 0 Å². The molecule has 1 aromatic heterocycles. The lowest BCUT2D eigenvalue weighted by atomic mass is 10.1. The third-order valence-electron chi connectivity index (χ3n) is 3.42. The van der Waals surface area contributed by atoms with Crippen LogP contribution >= 0.6 is 0 Å². The maximum atomic E-state index is 12.0. The van der Waals surface area contributed by atoms with E-state index < -0.39 is 0 Å². The van der Waals surface area contributed by atoms with Crippen molar-refractivity contribution in [2.75, 3.05) is 31.2 Å². The summed E-state index contributed by atoms with van der Waals surface area (Å²) in [6.07, 6.45) is -0.191. The van der Waals surface area contributed by atoms with Crippen molar-refractivity contribution in [1.29, 1.82) is 0 Å². The van der Waals surface area contributed by atoms with Crippen LogP contribution in [0.4, 0.5) is 5.82 Å². The summed E-state index contributed by atoms with van der Waals surface area (Å²) in [5, 5.41) is 10.8. The molecule has 2 heterocycles. The summed E-state index contributed by atoms with van der Waals surface area (Å²) < 4.78 is 5.41. The Morgan fingerprint density at radius 2 is 2.26 bits per heavy atom. The molecule has 5 nitrogen and oxygen atoms in total. The maximum Gasteiger partial charge on any atom is 0.257 e. The highest BCUT2D eigenvalue weighted by atomic mass is 16.5. The quantitative estimate of drug-likeness (QED) is 0.835. The smallest absolute Gasteiger partial charge is 0.257 e. The van der Waals surface area contributed by atoms with Gasteiger partial charge in [-0.15, -0.1) is 0 Å². The van der Waals surface area contributed by atoms with Crippen LogP contribution in [0.25, 0.3) is 10.8 Å². The average Bonchev–Trinajstić information content (AvgIpc) is 2.47. The Morgan fingerprint density at radius 3 is 3.11 bits per heavy atom. The van der Waals surface area contributed by atoms with Gasteiger partial charge in [-0.2, -0.15) is 0 Å². The van der Waals surface area contributed by atoms with Crippen LogP contribution in [0.3, 0.4) is 0 Å². The Balaban J connectivity index is 1.99. The Morgan fingerprint density at radius 1 is 1.42 bits per heavy atom. The topological polar surface area (TPSA) is 65.6 Å². The molecule has 1 aliphatic heterocycles. The van der Waals surface area contributed by atoms with E-state index >= 15 is 0 Å². The maximum absolute atomic E-state index is 12.0.